The van der Waals surface area contributed by atoms with E-state index in [0.717, 1.165) is 36.9 Å². The highest BCUT2D eigenvalue weighted by atomic mass is 32.2. The van der Waals surface area contributed by atoms with Crippen molar-refractivity contribution in [2.24, 2.45) is 0 Å². The molecule has 2 N–H and O–H groups in total. The molecule has 1 fully saturated rings. The number of nitrogens with one attached hydrogen (secondary N) is 2. The highest BCUT2D eigenvalue weighted by Gasteiger charge is 2.28. The van der Waals surface area contributed by atoms with Crippen LogP contribution in [0.1, 0.15) is 37.7 Å². The summed E-state index contributed by atoms with van der Waals surface area (Å²) in [5.74, 6) is 1.10. The van der Waals surface area contributed by atoms with Crippen LogP contribution in [0.3, 0.4) is 0 Å². The number of urea groups is 1. The number of hydrogen-bond donors (Lipinski definition) is 2. The van der Waals surface area contributed by atoms with Gasteiger partial charge in [-0.15, -0.1) is 0 Å². The summed E-state index contributed by atoms with van der Waals surface area (Å²) >= 11 is 0. The van der Waals surface area contributed by atoms with Crippen molar-refractivity contribution in [2.75, 3.05) is 23.0 Å². The number of nitrogens with zero attached hydrogens (tertiary/aromatic N) is 1. The SMILES string of the molecule is O=C(NC1CCCCC1)N1CCc2cc(S(=O)(=O)Nc3ccc4c(c3)OCO4)ccc21. The number of sulfonamides is 1. The van der Waals surface area contributed by atoms with Crippen LogP contribution < -0.4 is 24.4 Å². The Hall–Kier alpha value is -2.94. The predicted molar refractivity (Wildman–Crippen MR) is 116 cm³/mol. The minimum atomic E-state index is -3.78. The van der Waals surface area contributed by atoms with Gasteiger partial charge in [-0.2, -0.15) is 0 Å². The second-order valence-corrected chi connectivity index (χ2v) is 9.83. The third-order valence-corrected chi connectivity index (χ3v) is 7.44. The summed E-state index contributed by atoms with van der Waals surface area (Å²) in [6.45, 7) is 0.675. The first-order chi connectivity index (χ1) is 15.0. The van der Waals surface area contributed by atoms with E-state index < -0.39 is 10.0 Å². The van der Waals surface area contributed by atoms with Crippen molar-refractivity contribution in [3.63, 3.8) is 0 Å². The van der Waals surface area contributed by atoms with E-state index in [1.54, 1.807) is 41.3 Å². The summed E-state index contributed by atoms with van der Waals surface area (Å²) in [5, 5.41) is 3.13. The minimum Gasteiger partial charge on any atom is -0.454 e. The van der Waals surface area contributed by atoms with Gasteiger partial charge >= 0.3 is 6.03 Å². The molecule has 164 valence electrons. The molecule has 0 radical (unpaired) electrons. The zero-order chi connectivity index (χ0) is 21.4. The van der Waals surface area contributed by atoms with Gasteiger partial charge in [0.05, 0.1) is 10.6 Å². The lowest BCUT2D eigenvalue weighted by Crippen LogP contribution is -2.45. The number of fused-ring (bicyclic) bond motifs is 2. The van der Waals surface area contributed by atoms with Crippen molar-refractivity contribution in [3.8, 4) is 11.5 Å². The van der Waals surface area contributed by atoms with Crippen molar-refractivity contribution in [1.29, 1.82) is 0 Å². The van der Waals surface area contributed by atoms with Crippen LogP contribution in [-0.4, -0.2) is 33.8 Å². The topological polar surface area (TPSA) is 97.0 Å². The monoisotopic (exact) mass is 443 g/mol. The number of amides is 2. The molecule has 1 aliphatic carbocycles. The van der Waals surface area contributed by atoms with Gasteiger partial charge in [0.1, 0.15) is 0 Å². The number of ether oxygens (including phenoxy) is 2. The first-order valence-electron chi connectivity index (χ1n) is 10.6. The van der Waals surface area contributed by atoms with Crippen molar-refractivity contribution in [1.82, 2.24) is 5.32 Å². The maximum atomic E-state index is 12.9. The molecule has 0 bridgehead atoms. The average molecular weight is 444 g/mol. The molecule has 0 spiro atoms. The largest absolute Gasteiger partial charge is 0.454 e. The Labute approximate surface area is 181 Å². The van der Waals surface area contributed by atoms with Crippen LogP contribution in [-0.2, 0) is 16.4 Å². The molecule has 8 nitrogen and oxygen atoms in total. The van der Waals surface area contributed by atoms with Gasteiger partial charge in [0.15, 0.2) is 11.5 Å². The summed E-state index contributed by atoms with van der Waals surface area (Å²) < 4.78 is 39.0. The third kappa shape index (κ3) is 4.01. The van der Waals surface area contributed by atoms with Crippen molar-refractivity contribution >= 4 is 27.4 Å². The second-order valence-electron chi connectivity index (χ2n) is 8.15. The van der Waals surface area contributed by atoms with E-state index in [-0.39, 0.29) is 23.8 Å². The fraction of sp³-hybridized carbons (Fsp3) is 0.409. The highest BCUT2D eigenvalue weighted by Crippen LogP contribution is 2.35. The summed E-state index contributed by atoms with van der Waals surface area (Å²) in [6.07, 6.45) is 6.21. The van der Waals surface area contributed by atoms with E-state index in [1.165, 1.54) is 6.42 Å². The lowest BCUT2D eigenvalue weighted by Gasteiger charge is -2.26. The molecule has 0 unspecified atom stereocenters. The lowest BCUT2D eigenvalue weighted by atomic mass is 9.96. The number of benzene rings is 2. The standard InChI is InChI=1S/C22H25N3O5S/c26-22(23-16-4-2-1-3-5-16)25-11-10-15-12-18(7-8-19(15)25)31(27,28)24-17-6-9-20-21(13-17)30-14-29-20/h6-9,12-13,16,24H,1-5,10-11,14H2,(H,23,26). The first kappa shape index (κ1) is 20.0. The molecule has 5 rings (SSSR count). The Morgan fingerprint density at radius 1 is 1.00 bits per heavy atom. The normalized spacial score (nSPS) is 18.0. The van der Waals surface area contributed by atoms with Crippen molar-refractivity contribution in [2.45, 2.75) is 49.5 Å². The molecule has 2 amide bonds. The van der Waals surface area contributed by atoms with Gasteiger partial charge in [-0.1, -0.05) is 19.3 Å². The summed E-state index contributed by atoms with van der Waals surface area (Å²) in [4.78, 5) is 14.6. The van der Waals surface area contributed by atoms with Crippen LogP contribution in [0, 0.1) is 0 Å². The quantitative estimate of drug-likeness (QED) is 0.752. The van der Waals surface area contributed by atoms with Crippen LogP contribution in [0.15, 0.2) is 41.3 Å². The number of rotatable bonds is 4. The molecule has 0 saturated heterocycles. The van der Waals surface area contributed by atoms with Gasteiger partial charge in [-0.25, -0.2) is 13.2 Å². The fourth-order valence-corrected chi connectivity index (χ4v) is 5.53. The minimum absolute atomic E-state index is 0.0975. The Morgan fingerprint density at radius 3 is 2.65 bits per heavy atom. The smallest absolute Gasteiger partial charge is 0.322 e. The molecule has 1 saturated carbocycles. The highest BCUT2D eigenvalue weighted by molar-refractivity contribution is 7.92. The molecule has 3 aliphatic rings. The predicted octanol–water partition coefficient (Wildman–Crippen LogP) is 3.62. The van der Waals surface area contributed by atoms with Gasteiger partial charge in [0, 0.05) is 24.3 Å². The van der Waals surface area contributed by atoms with Gasteiger partial charge in [-0.3, -0.25) is 9.62 Å². The molecule has 2 heterocycles. The van der Waals surface area contributed by atoms with E-state index in [1.807, 2.05) is 0 Å². The number of hydrogen-bond acceptors (Lipinski definition) is 5. The van der Waals surface area contributed by atoms with Gasteiger partial charge in [0.25, 0.3) is 10.0 Å². The van der Waals surface area contributed by atoms with Crippen LogP contribution in [0.4, 0.5) is 16.2 Å². The molecule has 2 aromatic carbocycles. The van der Waals surface area contributed by atoms with E-state index in [2.05, 4.69) is 10.0 Å². The molecule has 2 aromatic rings. The maximum absolute atomic E-state index is 12.9. The van der Waals surface area contributed by atoms with Crippen LogP contribution in [0.2, 0.25) is 0 Å². The fourth-order valence-electron chi connectivity index (χ4n) is 4.43. The Kier molecular flexibility index (Phi) is 5.13. The average Bonchev–Trinajstić information content (AvgIpc) is 3.40. The molecular weight excluding hydrogens is 418 g/mol. The number of anilines is 2. The molecule has 31 heavy (non-hydrogen) atoms. The maximum Gasteiger partial charge on any atom is 0.322 e. The van der Waals surface area contributed by atoms with Crippen LogP contribution in [0.25, 0.3) is 0 Å². The van der Waals surface area contributed by atoms with E-state index in [4.69, 9.17) is 9.47 Å². The van der Waals surface area contributed by atoms with E-state index in [0.29, 0.717) is 30.2 Å². The first-order valence-corrected chi connectivity index (χ1v) is 12.1. The Morgan fingerprint density at radius 2 is 1.81 bits per heavy atom. The van der Waals surface area contributed by atoms with Crippen molar-refractivity contribution in [3.05, 3.63) is 42.0 Å². The van der Waals surface area contributed by atoms with Crippen LogP contribution >= 0.6 is 0 Å². The van der Waals surface area contributed by atoms with Crippen molar-refractivity contribution < 1.29 is 22.7 Å². The van der Waals surface area contributed by atoms with Crippen LogP contribution in [0.5, 0.6) is 11.5 Å². The zero-order valence-electron chi connectivity index (χ0n) is 17.1. The lowest BCUT2D eigenvalue weighted by molar-refractivity contribution is 0.174. The Bertz CT molecular complexity index is 1110. The van der Waals surface area contributed by atoms with E-state index in [9.17, 15) is 13.2 Å². The molecule has 2 aliphatic heterocycles. The summed E-state index contributed by atoms with van der Waals surface area (Å²) in [5.41, 5.74) is 2.03. The molecule has 0 aromatic heterocycles. The molecule has 0 atom stereocenters. The summed E-state index contributed by atoms with van der Waals surface area (Å²) in [6, 6.07) is 9.96. The van der Waals surface area contributed by atoms with Gasteiger partial charge in [0.2, 0.25) is 6.79 Å². The number of carbonyl (C=O) groups is 1. The third-order valence-electron chi connectivity index (χ3n) is 6.06. The second kappa shape index (κ2) is 7.96. The van der Waals surface area contributed by atoms with Gasteiger partial charge in [-0.05, 0) is 55.2 Å². The van der Waals surface area contributed by atoms with E-state index >= 15 is 0 Å². The number of carbonyl (C=O) groups excluding carboxylic acids is 1. The van der Waals surface area contributed by atoms with Gasteiger partial charge < -0.3 is 14.8 Å². The zero-order valence-corrected chi connectivity index (χ0v) is 17.9. The molecular formula is C22H25N3O5S. The molecule has 9 heteroatoms. The summed E-state index contributed by atoms with van der Waals surface area (Å²) in [7, 11) is -3.78. The Balaban J connectivity index is 1.31.